The first-order valence-electron chi connectivity index (χ1n) is 4.10. The standard InChI is InChI=1S/C10H10FN/c1-7-5-6-8-9(11)3-2-4-10(8)12-7/h3,5-6H,2,4H2,1H3. The Balaban J connectivity index is 2.56. The van der Waals surface area contributed by atoms with Crippen molar-refractivity contribution in [1.82, 2.24) is 4.98 Å². The molecule has 0 bridgehead atoms. The average molecular weight is 163 g/mol. The van der Waals surface area contributed by atoms with E-state index in [1.165, 1.54) is 0 Å². The van der Waals surface area contributed by atoms with Gasteiger partial charge in [0.2, 0.25) is 0 Å². The van der Waals surface area contributed by atoms with Crippen LogP contribution in [0.4, 0.5) is 4.39 Å². The highest BCUT2D eigenvalue weighted by atomic mass is 19.1. The summed E-state index contributed by atoms with van der Waals surface area (Å²) in [5, 5.41) is 0. The Morgan fingerprint density at radius 2 is 2.25 bits per heavy atom. The topological polar surface area (TPSA) is 12.9 Å². The summed E-state index contributed by atoms with van der Waals surface area (Å²) >= 11 is 0. The second kappa shape index (κ2) is 2.70. The van der Waals surface area contributed by atoms with Crippen LogP contribution < -0.4 is 0 Å². The molecule has 0 saturated heterocycles. The lowest BCUT2D eigenvalue weighted by Gasteiger charge is -2.11. The molecule has 1 nitrogen and oxygen atoms in total. The molecule has 0 atom stereocenters. The largest absolute Gasteiger partial charge is 0.257 e. The third kappa shape index (κ3) is 1.13. The minimum Gasteiger partial charge on any atom is -0.257 e. The van der Waals surface area contributed by atoms with Crippen LogP contribution in [0.1, 0.15) is 23.4 Å². The van der Waals surface area contributed by atoms with E-state index in [0.717, 1.165) is 24.2 Å². The molecule has 1 aliphatic carbocycles. The van der Waals surface area contributed by atoms with Gasteiger partial charge in [0.1, 0.15) is 5.83 Å². The lowest BCUT2D eigenvalue weighted by Crippen LogP contribution is -2.01. The molecular weight excluding hydrogens is 153 g/mol. The SMILES string of the molecule is Cc1ccc2c(n1)CCC=C2F. The molecule has 0 aliphatic heterocycles. The Labute approximate surface area is 70.9 Å². The van der Waals surface area contributed by atoms with Crippen molar-refractivity contribution >= 4 is 5.83 Å². The monoisotopic (exact) mass is 163 g/mol. The lowest BCUT2D eigenvalue weighted by molar-refractivity contribution is 0.731. The number of nitrogens with zero attached hydrogens (tertiary/aromatic N) is 1. The minimum atomic E-state index is -0.122. The average Bonchev–Trinajstić information content (AvgIpc) is 2.04. The van der Waals surface area contributed by atoms with Gasteiger partial charge in [0.05, 0.1) is 5.69 Å². The Hall–Kier alpha value is -1.18. The smallest absolute Gasteiger partial charge is 0.128 e. The Morgan fingerprint density at radius 3 is 3.08 bits per heavy atom. The summed E-state index contributed by atoms with van der Waals surface area (Å²) in [6.45, 7) is 1.93. The van der Waals surface area contributed by atoms with Crippen LogP contribution in [0.25, 0.3) is 5.83 Å². The van der Waals surface area contributed by atoms with Crippen molar-refractivity contribution < 1.29 is 4.39 Å². The number of hydrogen-bond donors (Lipinski definition) is 0. The maximum absolute atomic E-state index is 13.1. The zero-order chi connectivity index (χ0) is 8.55. The fourth-order valence-electron chi connectivity index (χ4n) is 1.46. The first-order valence-corrected chi connectivity index (χ1v) is 4.10. The van der Waals surface area contributed by atoms with E-state index in [9.17, 15) is 4.39 Å². The Bertz CT molecular complexity index is 342. The normalized spacial score (nSPS) is 15.3. The number of aryl methyl sites for hydroxylation is 2. The predicted molar refractivity (Wildman–Crippen MR) is 46.4 cm³/mol. The van der Waals surface area contributed by atoms with Crippen LogP contribution in [0.3, 0.4) is 0 Å². The molecule has 2 heteroatoms. The van der Waals surface area contributed by atoms with E-state index >= 15 is 0 Å². The van der Waals surface area contributed by atoms with Crippen molar-refractivity contribution in [2.45, 2.75) is 19.8 Å². The van der Waals surface area contributed by atoms with Crippen LogP contribution in [-0.4, -0.2) is 4.98 Å². The van der Waals surface area contributed by atoms with E-state index in [2.05, 4.69) is 4.98 Å². The molecule has 62 valence electrons. The summed E-state index contributed by atoms with van der Waals surface area (Å²) in [4.78, 5) is 4.28. The van der Waals surface area contributed by atoms with Crippen LogP contribution in [0.5, 0.6) is 0 Å². The first kappa shape index (κ1) is 7.47. The highest BCUT2D eigenvalue weighted by Gasteiger charge is 2.12. The summed E-state index contributed by atoms with van der Waals surface area (Å²) in [5.74, 6) is -0.122. The van der Waals surface area contributed by atoms with E-state index in [0.29, 0.717) is 5.56 Å². The highest BCUT2D eigenvalue weighted by Crippen LogP contribution is 2.25. The number of hydrogen-bond acceptors (Lipinski definition) is 1. The first-order chi connectivity index (χ1) is 5.77. The van der Waals surface area contributed by atoms with Gasteiger partial charge in [-0.15, -0.1) is 0 Å². The van der Waals surface area contributed by atoms with Crippen molar-refractivity contribution in [3.63, 3.8) is 0 Å². The second-order valence-corrected chi connectivity index (χ2v) is 3.04. The van der Waals surface area contributed by atoms with Crippen molar-refractivity contribution in [3.8, 4) is 0 Å². The van der Waals surface area contributed by atoms with Gasteiger partial charge in [0.15, 0.2) is 0 Å². The van der Waals surface area contributed by atoms with Crippen LogP contribution in [0.15, 0.2) is 18.2 Å². The molecule has 0 N–H and O–H groups in total. The van der Waals surface area contributed by atoms with Gasteiger partial charge in [-0.2, -0.15) is 0 Å². The van der Waals surface area contributed by atoms with Gasteiger partial charge in [-0.3, -0.25) is 4.98 Å². The second-order valence-electron chi connectivity index (χ2n) is 3.04. The fraction of sp³-hybridized carbons (Fsp3) is 0.300. The van der Waals surface area contributed by atoms with Gasteiger partial charge in [-0.1, -0.05) is 0 Å². The molecular formula is C10H10FN. The van der Waals surface area contributed by atoms with Crippen molar-refractivity contribution in [3.05, 3.63) is 35.2 Å². The van der Waals surface area contributed by atoms with E-state index in [-0.39, 0.29) is 5.83 Å². The van der Waals surface area contributed by atoms with Gasteiger partial charge in [-0.25, -0.2) is 4.39 Å². The molecule has 1 aromatic heterocycles. The number of pyridine rings is 1. The van der Waals surface area contributed by atoms with E-state index in [1.807, 2.05) is 19.1 Å². The molecule has 0 fully saturated rings. The number of rotatable bonds is 0. The van der Waals surface area contributed by atoms with Gasteiger partial charge < -0.3 is 0 Å². The summed E-state index contributed by atoms with van der Waals surface area (Å²) in [6.07, 6.45) is 3.26. The predicted octanol–water partition coefficient (Wildman–Crippen LogP) is 2.65. The molecule has 0 radical (unpaired) electrons. The van der Waals surface area contributed by atoms with Crippen LogP contribution in [0, 0.1) is 6.92 Å². The molecule has 0 amide bonds. The molecule has 12 heavy (non-hydrogen) atoms. The summed E-state index contributed by atoms with van der Waals surface area (Å²) in [7, 11) is 0. The molecule has 0 saturated carbocycles. The highest BCUT2D eigenvalue weighted by molar-refractivity contribution is 5.62. The molecule has 1 aliphatic rings. The molecule has 0 unspecified atom stereocenters. The van der Waals surface area contributed by atoms with Gasteiger partial charge in [0, 0.05) is 11.3 Å². The summed E-state index contributed by atoms with van der Waals surface area (Å²) < 4.78 is 13.1. The molecule has 2 rings (SSSR count). The minimum absolute atomic E-state index is 0.122. The van der Waals surface area contributed by atoms with E-state index in [4.69, 9.17) is 0 Å². The van der Waals surface area contributed by atoms with E-state index < -0.39 is 0 Å². The zero-order valence-electron chi connectivity index (χ0n) is 6.97. The number of fused-ring (bicyclic) bond motifs is 1. The summed E-state index contributed by atoms with van der Waals surface area (Å²) in [6, 6.07) is 3.65. The molecule has 1 aromatic rings. The molecule has 1 heterocycles. The van der Waals surface area contributed by atoms with Crippen LogP contribution in [0.2, 0.25) is 0 Å². The third-order valence-electron chi connectivity index (χ3n) is 2.08. The zero-order valence-corrected chi connectivity index (χ0v) is 6.97. The number of allylic oxidation sites excluding steroid dienone is 1. The molecule has 0 aromatic carbocycles. The van der Waals surface area contributed by atoms with Gasteiger partial charge in [0.25, 0.3) is 0 Å². The number of aromatic nitrogens is 1. The van der Waals surface area contributed by atoms with Gasteiger partial charge >= 0.3 is 0 Å². The van der Waals surface area contributed by atoms with Crippen LogP contribution in [-0.2, 0) is 6.42 Å². The fourth-order valence-corrected chi connectivity index (χ4v) is 1.46. The molecule has 0 spiro atoms. The summed E-state index contributed by atoms with van der Waals surface area (Å²) in [5.41, 5.74) is 2.53. The van der Waals surface area contributed by atoms with E-state index in [1.54, 1.807) is 6.08 Å². The maximum Gasteiger partial charge on any atom is 0.128 e. The quantitative estimate of drug-likeness (QED) is 0.573. The number of halogens is 1. The third-order valence-corrected chi connectivity index (χ3v) is 2.08. The van der Waals surface area contributed by atoms with Crippen molar-refractivity contribution in [1.29, 1.82) is 0 Å². The van der Waals surface area contributed by atoms with Crippen LogP contribution >= 0.6 is 0 Å². The van der Waals surface area contributed by atoms with Crippen molar-refractivity contribution in [2.75, 3.05) is 0 Å². The lowest BCUT2D eigenvalue weighted by atomic mass is 10.0. The van der Waals surface area contributed by atoms with Gasteiger partial charge in [-0.05, 0) is 38.0 Å². The van der Waals surface area contributed by atoms with Crippen molar-refractivity contribution in [2.24, 2.45) is 0 Å². The Morgan fingerprint density at radius 1 is 1.42 bits per heavy atom. The Kier molecular flexibility index (Phi) is 1.68. The maximum atomic E-state index is 13.1.